The third-order valence-corrected chi connectivity index (χ3v) is 7.40. The molecule has 2 aliphatic rings. The summed E-state index contributed by atoms with van der Waals surface area (Å²) in [5.41, 5.74) is 1.51. The van der Waals surface area contributed by atoms with Gasteiger partial charge in [0.25, 0.3) is 5.91 Å². The number of aromatic nitrogens is 2. The van der Waals surface area contributed by atoms with Crippen LogP contribution in [0.15, 0.2) is 54.6 Å². The molecule has 0 atom stereocenters. The van der Waals surface area contributed by atoms with Gasteiger partial charge in [-0.3, -0.25) is 9.59 Å². The number of methoxy groups -OCH3 is 2. The second kappa shape index (κ2) is 12.3. The maximum atomic E-state index is 14.3. The van der Waals surface area contributed by atoms with Crippen molar-refractivity contribution in [2.75, 3.05) is 58.4 Å². The number of anilines is 1. The molecule has 1 aliphatic heterocycles. The third kappa shape index (κ3) is 6.32. The molecule has 210 valence electrons. The van der Waals surface area contributed by atoms with Crippen LogP contribution in [0, 0.1) is 11.7 Å². The summed E-state index contributed by atoms with van der Waals surface area (Å²) in [5.74, 6) is 1.33. The van der Waals surface area contributed by atoms with Crippen LogP contribution in [0.25, 0.3) is 11.3 Å². The molecule has 0 unspecified atom stereocenters. The van der Waals surface area contributed by atoms with Gasteiger partial charge in [0.1, 0.15) is 23.9 Å². The van der Waals surface area contributed by atoms with Crippen molar-refractivity contribution >= 4 is 17.6 Å². The van der Waals surface area contributed by atoms with E-state index in [2.05, 4.69) is 15.1 Å². The summed E-state index contributed by atoms with van der Waals surface area (Å²) >= 11 is 0. The van der Waals surface area contributed by atoms with Gasteiger partial charge in [0, 0.05) is 44.4 Å². The summed E-state index contributed by atoms with van der Waals surface area (Å²) in [6.07, 6.45) is 2.81. The van der Waals surface area contributed by atoms with Crippen molar-refractivity contribution in [3.8, 4) is 22.8 Å². The van der Waals surface area contributed by atoms with E-state index >= 15 is 0 Å². The second-order valence-corrected chi connectivity index (χ2v) is 10.2. The van der Waals surface area contributed by atoms with Crippen LogP contribution in [0.5, 0.6) is 11.5 Å². The van der Waals surface area contributed by atoms with E-state index < -0.39 is 11.7 Å². The molecule has 0 bridgehead atoms. The zero-order valence-corrected chi connectivity index (χ0v) is 22.9. The molecule has 1 aromatic heterocycles. The number of rotatable bonds is 9. The molecule has 1 aliphatic carbocycles. The molecule has 2 amide bonds. The van der Waals surface area contributed by atoms with Gasteiger partial charge in [0.2, 0.25) is 5.91 Å². The molecule has 1 saturated heterocycles. The first-order valence-corrected chi connectivity index (χ1v) is 13.6. The van der Waals surface area contributed by atoms with Gasteiger partial charge in [0.15, 0.2) is 5.82 Å². The van der Waals surface area contributed by atoms with Crippen LogP contribution >= 0.6 is 0 Å². The average Bonchev–Trinajstić information content (AvgIpc) is 3.83. The first-order chi connectivity index (χ1) is 19.5. The summed E-state index contributed by atoms with van der Waals surface area (Å²) in [5, 5.41) is 8.89. The summed E-state index contributed by atoms with van der Waals surface area (Å²) in [6, 6.07) is 15.3. The molecule has 9 nitrogen and oxygen atoms in total. The van der Waals surface area contributed by atoms with Crippen molar-refractivity contribution < 1.29 is 23.5 Å². The lowest BCUT2D eigenvalue weighted by Gasteiger charge is -2.27. The van der Waals surface area contributed by atoms with E-state index in [1.807, 2.05) is 24.3 Å². The average molecular weight is 548 g/mol. The Labute approximate surface area is 233 Å². The topological polar surface area (TPSA) is 88.1 Å². The smallest absolute Gasteiger partial charge is 0.257 e. The fourth-order valence-corrected chi connectivity index (χ4v) is 4.94. The van der Waals surface area contributed by atoms with Crippen LogP contribution in [0.3, 0.4) is 0 Å². The molecular weight excluding hydrogens is 513 g/mol. The Hall–Kier alpha value is -4.21. The van der Waals surface area contributed by atoms with Crippen LogP contribution in [0.2, 0.25) is 0 Å². The van der Waals surface area contributed by atoms with E-state index in [1.54, 1.807) is 37.3 Å². The lowest BCUT2D eigenvalue weighted by atomic mass is 10.1. The van der Waals surface area contributed by atoms with Crippen LogP contribution in [-0.4, -0.2) is 85.3 Å². The number of ether oxygens (including phenoxy) is 2. The van der Waals surface area contributed by atoms with Gasteiger partial charge >= 0.3 is 0 Å². The Morgan fingerprint density at radius 1 is 0.975 bits per heavy atom. The standard InChI is InChI=1S/C30H34FN5O4/c1-39-22-10-11-24(27(18-22)40-2)26-12-13-28(33-32-26)34-14-5-15-35(17-16-34)29(37)20-36(19-21-8-9-21)30(38)23-6-3-4-7-25(23)31/h3-4,6-7,10-13,18,21H,5,8-9,14-17,19-20H2,1-2H3. The maximum Gasteiger partial charge on any atom is 0.257 e. The number of nitrogens with zero attached hydrogens (tertiary/aromatic N) is 5. The molecule has 2 fully saturated rings. The monoisotopic (exact) mass is 547 g/mol. The Morgan fingerprint density at radius 2 is 1.80 bits per heavy atom. The van der Waals surface area contributed by atoms with Crippen LogP contribution < -0.4 is 14.4 Å². The minimum Gasteiger partial charge on any atom is -0.497 e. The van der Waals surface area contributed by atoms with Crippen molar-refractivity contribution in [3.05, 3.63) is 66.0 Å². The Kier molecular flexibility index (Phi) is 8.42. The number of amides is 2. The highest BCUT2D eigenvalue weighted by atomic mass is 19.1. The molecule has 0 radical (unpaired) electrons. The molecule has 10 heteroatoms. The summed E-state index contributed by atoms with van der Waals surface area (Å²) in [4.78, 5) is 31.9. The highest BCUT2D eigenvalue weighted by Crippen LogP contribution is 2.33. The molecule has 5 rings (SSSR count). The van der Waals surface area contributed by atoms with Gasteiger partial charge in [-0.2, -0.15) is 0 Å². The molecular formula is C30H34FN5O4. The molecule has 0 spiro atoms. The lowest BCUT2D eigenvalue weighted by Crippen LogP contribution is -2.45. The third-order valence-electron chi connectivity index (χ3n) is 7.40. The number of benzene rings is 2. The van der Waals surface area contributed by atoms with E-state index in [1.165, 1.54) is 17.0 Å². The molecule has 0 N–H and O–H groups in total. The Bertz CT molecular complexity index is 1350. The zero-order chi connectivity index (χ0) is 28.1. The number of halogens is 1. The predicted molar refractivity (Wildman–Crippen MR) is 149 cm³/mol. The molecule has 2 aromatic carbocycles. The van der Waals surface area contributed by atoms with E-state index in [9.17, 15) is 14.0 Å². The maximum absolute atomic E-state index is 14.3. The van der Waals surface area contributed by atoms with E-state index in [4.69, 9.17) is 9.47 Å². The summed E-state index contributed by atoms with van der Waals surface area (Å²) in [6.45, 7) is 2.82. The number of hydrogen-bond acceptors (Lipinski definition) is 7. The highest BCUT2D eigenvalue weighted by molar-refractivity contribution is 5.96. The van der Waals surface area contributed by atoms with Gasteiger partial charge in [-0.15, -0.1) is 10.2 Å². The van der Waals surface area contributed by atoms with Crippen LogP contribution in [-0.2, 0) is 4.79 Å². The van der Waals surface area contributed by atoms with Gasteiger partial charge in [-0.1, -0.05) is 12.1 Å². The van der Waals surface area contributed by atoms with Crippen LogP contribution in [0.1, 0.15) is 29.6 Å². The normalized spacial score (nSPS) is 15.4. The Morgan fingerprint density at radius 3 is 2.50 bits per heavy atom. The van der Waals surface area contributed by atoms with Gasteiger partial charge in [-0.25, -0.2) is 4.39 Å². The first-order valence-electron chi connectivity index (χ1n) is 13.6. The lowest BCUT2D eigenvalue weighted by molar-refractivity contribution is -0.131. The van der Waals surface area contributed by atoms with Gasteiger partial charge in [0.05, 0.1) is 25.5 Å². The fraction of sp³-hybridized carbons (Fsp3) is 0.400. The van der Waals surface area contributed by atoms with Gasteiger partial charge < -0.3 is 24.2 Å². The summed E-state index contributed by atoms with van der Waals surface area (Å²) in [7, 11) is 3.21. The minimum absolute atomic E-state index is 0.00673. The van der Waals surface area contributed by atoms with Crippen molar-refractivity contribution in [3.63, 3.8) is 0 Å². The summed E-state index contributed by atoms with van der Waals surface area (Å²) < 4.78 is 25.1. The second-order valence-electron chi connectivity index (χ2n) is 10.2. The van der Waals surface area contributed by atoms with E-state index in [-0.39, 0.29) is 18.0 Å². The number of hydrogen-bond donors (Lipinski definition) is 0. The first kappa shape index (κ1) is 27.4. The van der Waals surface area contributed by atoms with Crippen LogP contribution in [0.4, 0.5) is 10.2 Å². The molecule has 1 saturated carbocycles. The number of carbonyl (C=O) groups excluding carboxylic acids is 2. The molecule has 3 aromatic rings. The molecule has 2 heterocycles. The minimum atomic E-state index is -0.566. The zero-order valence-electron chi connectivity index (χ0n) is 22.9. The molecule has 40 heavy (non-hydrogen) atoms. The van der Waals surface area contributed by atoms with Crippen molar-refractivity contribution in [2.24, 2.45) is 5.92 Å². The van der Waals surface area contributed by atoms with E-state index in [0.717, 1.165) is 37.2 Å². The quantitative estimate of drug-likeness (QED) is 0.402. The van der Waals surface area contributed by atoms with Crippen molar-refractivity contribution in [2.45, 2.75) is 19.3 Å². The predicted octanol–water partition coefficient (Wildman–Crippen LogP) is 3.89. The van der Waals surface area contributed by atoms with Crippen molar-refractivity contribution in [1.82, 2.24) is 20.0 Å². The van der Waals surface area contributed by atoms with E-state index in [0.29, 0.717) is 49.3 Å². The van der Waals surface area contributed by atoms with Crippen molar-refractivity contribution in [1.29, 1.82) is 0 Å². The number of carbonyl (C=O) groups is 2. The van der Waals surface area contributed by atoms with Gasteiger partial charge in [-0.05, 0) is 61.6 Å². The Balaban J connectivity index is 1.22. The largest absolute Gasteiger partial charge is 0.497 e. The fourth-order valence-electron chi connectivity index (χ4n) is 4.94. The highest BCUT2D eigenvalue weighted by Gasteiger charge is 2.31. The SMILES string of the molecule is COc1ccc(-c2ccc(N3CCCN(C(=O)CN(CC4CC4)C(=O)c4ccccc4F)CC3)nn2)c(OC)c1.